The highest BCUT2D eigenvalue weighted by Crippen LogP contribution is 2.28. The van der Waals surface area contributed by atoms with Gasteiger partial charge in [0.25, 0.3) is 0 Å². The number of morpholine rings is 1. The fraction of sp³-hybridized carbons (Fsp3) is 0.240. The van der Waals surface area contributed by atoms with Crippen LogP contribution in [0.2, 0.25) is 0 Å². The van der Waals surface area contributed by atoms with Gasteiger partial charge in [0.05, 0.1) is 37.8 Å². The lowest BCUT2D eigenvalue weighted by molar-refractivity contribution is -0.118. The first-order valence-electron chi connectivity index (χ1n) is 11.7. The number of benzene rings is 2. The minimum absolute atomic E-state index is 0.0611. The SMILES string of the molecule is Cn1cnc2c(Nc3ccc4[nH]ncc4c3)nc(-c3cccc(NC(=O)CN4CCOCC4)c3)nc21. The number of H-pyrrole nitrogens is 1. The molecule has 1 aliphatic heterocycles. The number of carbonyl (C=O) groups is 1. The molecule has 3 aromatic heterocycles. The van der Waals surface area contributed by atoms with Crippen LogP contribution in [0.4, 0.5) is 17.2 Å². The third-order valence-electron chi connectivity index (χ3n) is 6.14. The van der Waals surface area contributed by atoms with E-state index in [0.29, 0.717) is 48.3 Å². The highest BCUT2D eigenvalue weighted by atomic mass is 16.5. The largest absolute Gasteiger partial charge is 0.379 e. The average Bonchev–Trinajstić information content (AvgIpc) is 3.51. The van der Waals surface area contributed by atoms with E-state index in [-0.39, 0.29) is 5.91 Å². The zero-order valence-corrected chi connectivity index (χ0v) is 19.7. The van der Waals surface area contributed by atoms with E-state index in [1.54, 1.807) is 12.5 Å². The Morgan fingerprint density at radius 2 is 2.00 bits per heavy atom. The topological polar surface area (TPSA) is 126 Å². The molecule has 0 radical (unpaired) electrons. The highest BCUT2D eigenvalue weighted by molar-refractivity contribution is 5.93. The maximum Gasteiger partial charge on any atom is 0.238 e. The Kier molecular flexibility index (Phi) is 5.76. The van der Waals surface area contributed by atoms with Crippen molar-refractivity contribution in [1.29, 1.82) is 0 Å². The van der Waals surface area contributed by atoms with Gasteiger partial charge in [0, 0.05) is 42.5 Å². The molecule has 11 nitrogen and oxygen atoms in total. The van der Waals surface area contributed by atoms with E-state index < -0.39 is 0 Å². The number of fused-ring (bicyclic) bond motifs is 2. The van der Waals surface area contributed by atoms with Gasteiger partial charge in [-0.05, 0) is 30.3 Å². The minimum atomic E-state index is -0.0611. The van der Waals surface area contributed by atoms with Crippen LogP contribution in [0.15, 0.2) is 55.0 Å². The van der Waals surface area contributed by atoms with Crippen molar-refractivity contribution in [3.05, 3.63) is 55.0 Å². The molecule has 0 bridgehead atoms. The maximum absolute atomic E-state index is 12.6. The molecule has 2 aromatic carbocycles. The minimum Gasteiger partial charge on any atom is -0.379 e. The van der Waals surface area contributed by atoms with E-state index in [1.807, 2.05) is 54.1 Å². The van der Waals surface area contributed by atoms with Crippen LogP contribution in [0.5, 0.6) is 0 Å². The van der Waals surface area contributed by atoms with Crippen LogP contribution in [-0.4, -0.2) is 73.4 Å². The summed E-state index contributed by atoms with van der Waals surface area (Å²) < 4.78 is 7.22. The fourth-order valence-corrected chi connectivity index (χ4v) is 4.28. The van der Waals surface area contributed by atoms with Crippen LogP contribution in [0.25, 0.3) is 33.5 Å². The number of nitrogens with one attached hydrogen (secondary N) is 3. The molecule has 0 atom stereocenters. The molecular weight excluding hydrogens is 458 g/mol. The number of hydrogen-bond acceptors (Lipinski definition) is 8. The van der Waals surface area contributed by atoms with E-state index in [9.17, 15) is 4.79 Å². The third-order valence-corrected chi connectivity index (χ3v) is 6.14. The number of nitrogens with zero attached hydrogens (tertiary/aromatic N) is 6. The first-order valence-corrected chi connectivity index (χ1v) is 11.7. The number of anilines is 3. The summed E-state index contributed by atoms with van der Waals surface area (Å²) >= 11 is 0. The van der Waals surface area contributed by atoms with Gasteiger partial charge >= 0.3 is 0 Å². The Labute approximate surface area is 206 Å². The normalized spacial score (nSPS) is 14.4. The number of aromatic amines is 1. The van der Waals surface area contributed by atoms with E-state index >= 15 is 0 Å². The van der Waals surface area contributed by atoms with Crippen LogP contribution < -0.4 is 10.6 Å². The molecule has 36 heavy (non-hydrogen) atoms. The molecule has 182 valence electrons. The molecule has 11 heteroatoms. The summed E-state index contributed by atoms with van der Waals surface area (Å²) in [4.78, 5) is 28.7. The van der Waals surface area contributed by atoms with Gasteiger partial charge in [0.2, 0.25) is 5.91 Å². The summed E-state index contributed by atoms with van der Waals surface area (Å²) in [6, 6.07) is 13.5. The average molecular weight is 484 g/mol. The van der Waals surface area contributed by atoms with Gasteiger partial charge in [-0.15, -0.1) is 0 Å². The van der Waals surface area contributed by atoms with Crippen LogP contribution in [0, 0.1) is 0 Å². The molecule has 4 heterocycles. The first-order chi connectivity index (χ1) is 17.6. The van der Waals surface area contributed by atoms with Crippen LogP contribution >= 0.6 is 0 Å². The molecule has 0 saturated carbocycles. The van der Waals surface area contributed by atoms with Crippen LogP contribution in [0.1, 0.15) is 0 Å². The summed E-state index contributed by atoms with van der Waals surface area (Å²) in [6.07, 6.45) is 3.50. The van der Waals surface area contributed by atoms with Crippen molar-refractivity contribution in [2.75, 3.05) is 43.5 Å². The van der Waals surface area contributed by atoms with Crippen LogP contribution in [-0.2, 0) is 16.6 Å². The fourth-order valence-electron chi connectivity index (χ4n) is 4.28. The Morgan fingerprint density at radius 3 is 2.89 bits per heavy atom. The van der Waals surface area contributed by atoms with Gasteiger partial charge in [0.1, 0.15) is 0 Å². The Morgan fingerprint density at radius 1 is 1.11 bits per heavy atom. The quantitative estimate of drug-likeness (QED) is 0.337. The van der Waals surface area contributed by atoms with E-state index in [4.69, 9.17) is 14.7 Å². The van der Waals surface area contributed by atoms with Gasteiger partial charge < -0.3 is 19.9 Å². The lowest BCUT2D eigenvalue weighted by Gasteiger charge is -2.25. The van der Waals surface area contributed by atoms with Gasteiger partial charge in [-0.3, -0.25) is 14.8 Å². The molecule has 3 N–H and O–H groups in total. The number of hydrogen-bond donors (Lipinski definition) is 3. The monoisotopic (exact) mass is 483 g/mol. The second-order valence-electron chi connectivity index (χ2n) is 8.74. The maximum atomic E-state index is 12.6. The van der Waals surface area contributed by atoms with E-state index in [2.05, 4.69) is 30.7 Å². The molecule has 1 fully saturated rings. The van der Waals surface area contributed by atoms with Crippen molar-refractivity contribution >= 4 is 45.2 Å². The van der Waals surface area contributed by atoms with Gasteiger partial charge in [-0.1, -0.05) is 12.1 Å². The second-order valence-corrected chi connectivity index (χ2v) is 8.74. The molecule has 1 saturated heterocycles. The Hall–Kier alpha value is -4.35. The predicted molar refractivity (Wildman–Crippen MR) is 137 cm³/mol. The number of imidazole rings is 1. The highest BCUT2D eigenvalue weighted by Gasteiger charge is 2.16. The van der Waals surface area contributed by atoms with E-state index in [1.165, 1.54) is 0 Å². The van der Waals surface area contributed by atoms with Gasteiger partial charge in [-0.25, -0.2) is 15.0 Å². The van der Waals surface area contributed by atoms with Crippen molar-refractivity contribution < 1.29 is 9.53 Å². The Balaban J connectivity index is 1.29. The molecular formula is C25H25N9O2. The van der Waals surface area contributed by atoms with Crippen LogP contribution in [0.3, 0.4) is 0 Å². The number of aryl methyl sites for hydroxylation is 1. The Bertz CT molecular complexity index is 1550. The van der Waals surface area contributed by atoms with E-state index in [0.717, 1.165) is 35.2 Å². The van der Waals surface area contributed by atoms with Gasteiger partial charge in [-0.2, -0.15) is 5.10 Å². The number of aromatic nitrogens is 6. The molecule has 5 aromatic rings. The zero-order valence-electron chi connectivity index (χ0n) is 19.7. The standard InChI is InChI=1S/C25H25N9O2/c1-33-15-26-22-24(29-19-5-6-20-17(12-19)13-27-32-20)30-23(31-25(22)33)16-3-2-4-18(11-16)28-21(35)14-34-7-9-36-10-8-34/h2-6,11-13,15H,7-10,14H2,1H3,(H,27,32)(H,28,35)(H,29,30,31). The molecule has 1 amide bonds. The summed E-state index contributed by atoms with van der Waals surface area (Å²) in [5.41, 5.74) is 4.68. The predicted octanol–water partition coefficient (Wildman–Crippen LogP) is 2.92. The molecule has 1 aliphatic rings. The lowest BCUT2D eigenvalue weighted by atomic mass is 10.2. The summed E-state index contributed by atoms with van der Waals surface area (Å²) in [6.45, 7) is 3.16. The third kappa shape index (κ3) is 4.49. The number of ether oxygens (including phenoxy) is 1. The molecule has 0 aliphatic carbocycles. The number of rotatable bonds is 6. The first kappa shape index (κ1) is 22.1. The smallest absolute Gasteiger partial charge is 0.238 e. The lowest BCUT2D eigenvalue weighted by Crippen LogP contribution is -2.41. The molecule has 0 unspecified atom stereocenters. The van der Waals surface area contributed by atoms with Gasteiger partial charge in [0.15, 0.2) is 22.8 Å². The van der Waals surface area contributed by atoms with Crippen molar-refractivity contribution in [1.82, 2.24) is 34.6 Å². The number of amides is 1. The summed E-state index contributed by atoms with van der Waals surface area (Å²) in [5.74, 6) is 1.07. The van der Waals surface area contributed by atoms with Crippen molar-refractivity contribution in [3.63, 3.8) is 0 Å². The van der Waals surface area contributed by atoms with Crippen molar-refractivity contribution in [3.8, 4) is 11.4 Å². The summed E-state index contributed by atoms with van der Waals surface area (Å²) in [7, 11) is 1.90. The van der Waals surface area contributed by atoms with Crippen molar-refractivity contribution in [2.24, 2.45) is 7.05 Å². The molecule has 6 rings (SSSR count). The zero-order chi connectivity index (χ0) is 24.5. The second kappa shape index (κ2) is 9.36. The van der Waals surface area contributed by atoms with Crippen molar-refractivity contribution in [2.45, 2.75) is 0 Å². The number of carbonyl (C=O) groups excluding carboxylic acids is 1. The summed E-state index contributed by atoms with van der Waals surface area (Å²) in [5, 5.41) is 14.4. The molecule has 0 spiro atoms.